The van der Waals surface area contributed by atoms with E-state index in [0.717, 1.165) is 12.8 Å². The number of carbonyl (C=O) groups excluding carboxylic acids is 1. The first-order valence-corrected chi connectivity index (χ1v) is 11.6. The van der Waals surface area contributed by atoms with Crippen LogP contribution < -0.4 is 5.73 Å². The maximum absolute atomic E-state index is 14.9. The van der Waals surface area contributed by atoms with Crippen LogP contribution >= 0.6 is 0 Å². The number of pyridine rings is 1. The van der Waals surface area contributed by atoms with E-state index in [4.69, 9.17) is 20.1 Å². The Hall–Kier alpha value is -3.86. The van der Waals surface area contributed by atoms with E-state index in [1.165, 1.54) is 12.3 Å². The number of aromatic nitrogens is 5. The highest BCUT2D eigenvalue weighted by Gasteiger charge is 2.36. The number of nitrogens with two attached hydrogens (primary N) is 1. The fourth-order valence-corrected chi connectivity index (χ4v) is 4.78. The van der Waals surface area contributed by atoms with Crippen LogP contribution in [0.3, 0.4) is 0 Å². The summed E-state index contributed by atoms with van der Waals surface area (Å²) < 4.78 is 27.5. The Morgan fingerprint density at radius 2 is 2.00 bits per heavy atom. The summed E-state index contributed by atoms with van der Waals surface area (Å²) in [5, 5.41) is 9.33. The molecule has 0 bridgehead atoms. The van der Waals surface area contributed by atoms with E-state index in [-0.39, 0.29) is 30.1 Å². The number of amides is 1. The monoisotopic (exact) mass is 477 g/mol. The molecule has 2 N–H and O–H groups in total. The van der Waals surface area contributed by atoms with Crippen molar-refractivity contribution in [2.75, 3.05) is 32.0 Å². The summed E-state index contributed by atoms with van der Waals surface area (Å²) >= 11 is 0. The van der Waals surface area contributed by atoms with Gasteiger partial charge in [0.15, 0.2) is 5.82 Å². The molecular formula is C24H24FN7O3. The normalized spacial score (nSPS) is 17.1. The van der Waals surface area contributed by atoms with Crippen molar-refractivity contribution in [2.45, 2.75) is 31.2 Å². The van der Waals surface area contributed by atoms with Crippen LogP contribution in [0.5, 0.6) is 0 Å². The van der Waals surface area contributed by atoms with Gasteiger partial charge in [0.05, 0.1) is 16.6 Å². The Kier molecular flexibility index (Phi) is 5.40. The molecular weight excluding hydrogens is 453 g/mol. The van der Waals surface area contributed by atoms with Gasteiger partial charge in [-0.3, -0.25) is 9.48 Å². The highest BCUT2D eigenvalue weighted by Crippen LogP contribution is 2.34. The number of hydrogen-bond donors (Lipinski definition) is 1. The van der Waals surface area contributed by atoms with Crippen LogP contribution in [-0.2, 0) is 11.3 Å². The number of benzene rings is 1. The van der Waals surface area contributed by atoms with Crippen molar-refractivity contribution in [3.63, 3.8) is 0 Å². The Bertz CT molecular complexity index is 1390. The Morgan fingerprint density at radius 3 is 2.80 bits per heavy atom. The molecule has 3 aromatic heterocycles. The van der Waals surface area contributed by atoms with Gasteiger partial charge < -0.3 is 19.9 Å². The third kappa shape index (κ3) is 4.01. The molecule has 0 aliphatic carbocycles. The molecule has 2 aliphatic rings. The molecule has 6 rings (SSSR count). The summed E-state index contributed by atoms with van der Waals surface area (Å²) in [4.78, 5) is 23.0. The highest BCUT2D eigenvalue weighted by molar-refractivity contribution is 5.95. The fraction of sp³-hybridized carbons (Fsp3) is 0.375. The average Bonchev–Trinajstić information content (AvgIpc) is 3.45. The lowest BCUT2D eigenvalue weighted by Crippen LogP contribution is -2.48. The summed E-state index contributed by atoms with van der Waals surface area (Å²) in [6.07, 6.45) is 3.21. The van der Waals surface area contributed by atoms with Gasteiger partial charge in [0.2, 0.25) is 5.89 Å². The zero-order valence-corrected chi connectivity index (χ0v) is 18.9. The van der Waals surface area contributed by atoms with Gasteiger partial charge in [0.1, 0.15) is 18.2 Å². The first-order valence-electron chi connectivity index (χ1n) is 11.6. The van der Waals surface area contributed by atoms with Gasteiger partial charge in [-0.25, -0.2) is 9.37 Å². The first kappa shape index (κ1) is 21.7. The average molecular weight is 478 g/mol. The Morgan fingerprint density at radius 1 is 1.17 bits per heavy atom. The molecule has 2 saturated heterocycles. The van der Waals surface area contributed by atoms with Crippen LogP contribution in [0, 0.1) is 5.82 Å². The number of likely N-dealkylation sites (tertiary alicyclic amines) is 1. The van der Waals surface area contributed by atoms with E-state index in [2.05, 4.69) is 15.1 Å². The number of nitrogen functional groups attached to an aromatic ring is 1. The standard InChI is InChI=1S/C24H24FN7O3/c25-17-2-1-3-18-21(17)22(16-11-31(12-16)24(33)15-4-7-27-19(26)10-15)29-32(18)13-20-28-23(35-30-20)14-5-8-34-9-6-14/h1-4,7,10,14,16H,5-6,8-9,11-13H2,(H2,26,27). The minimum absolute atomic E-state index is 0.0816. The summed E-state index contributed by atoms with van der Waals surface area (Å²) in [5.74, 6) is 1.03. The van der Waals surface area contributed by atoms with Gasteiger partial charge in [0.25, 0.3) is 5.91 Å². The molecule has 180 valence electrons. The fourth-order valence-electron chi connectivity index (χ4n) is 4.78. The topological polar surface area (TPSA) is 125 Å². The second-order valence-corrected chi connectivity index (χ2v) is 8.99. The number of ether oxygens (including phenoxy) is 1. The van der Waals surface area contributed by atoms with Gasteiger partial charge in [-0.15, -0.1) is 0 Å². The van der Waals surface area contributed by atoms with Crippen molar-refractivity contribution in [3.8, 4) is 0 Å². The molecule has 4 aromatic rings. The molecule has 1 aromatic carbocycles. The molecule has 0 unspecified atom stereocenters. The second kappa shape index (κ2) is 8.73. The first-order chi connectivity index (χ1) is 17.1. The molecule has 1 amide bonds. The lowest BCUT2D eigenvalue weighted by molar-refractivity contribution is 0.0599. The molecule has 0 saturated carbocycles. The van der Waals surface area contributed by atoms with Crippen molar-refractivity contribution in [1.82, 2.24) is 29.8 Å². The Labute approximate surface area is 199 Å². The van der Waals surface area contributed by atoms with E-state index >= 15 is 0 Å². The lowest BCUT2D eigenvalue weighted by atomic mass is 9.93. The van der Waals surface area contributed by atoms with Crippen LogP contribution in [0.2, 0.25) is 0 Å². The number of fused-ring (bicyclic) bond motifs is 1. The quantitative estimate of drug-likeness (QED) is 0.465. The van der Waals surface area contributed by atoms with Crippen LogP contribution in [-0.4, -0.2) is 62.0 Å². The van der Waals surface area contributed by atoms with Crippen molar-refractivity contribution >= 4 is 22.6 Å². The Balaban J connectivity index is 1.23. The predicted molar refractivity (Wildman–Crippen MR) is 123 cm³/mol. The van der Waals surface area contributed by atoms with Crippen LogP contribution in [0.15, 0.2) is 41.1 Å². The number of halogens is 1. The van der Waals surface area contributed by atoms with E-state index in [9.17, 15) is 9.18 Å². The molecule has 0 radical (unpaired) electrons. The SMILES string of the molecule is Nc1cc(C(=O)N2CC(c3nn(Cc4noc(C5CCOCC5)n4)c4cccc(F)c34)C2)ccn1. The van der Waals surface area contributed by atoms with Gasteiger partial charge in [-0.1, -0.05) is 11.2 Å². The zero-order chi connectivity index (χ0) is 23.9. The number of anilines is 1. The smallest absolute Gasteiger partial charge is 0.254 e. The number of nitrogens with zero attached hydrogens (tertiary/aromatic N) is 6. The van der Waals surface area contributed by atoms with Crippen LogP contribution in [0.4, 0.5) is 10.2 Å². The van der Waals surface area contributed by atoms with Crippen molar-refractivity contribution < 1.29 is 18.4 Å². The van der Waals surface area contributed by atoms with Gasteiger partial charge in [-0.2, -0.15) is 10.1 Å². The summed E-state index contributed by atoms with van der Waals surface area (Å²) in [6.45, 7) is 2.52. The van der Waals surface area contributed by atoms with Crippen LogP contribution in [0.25, 0.3) is 10.9 Å². The lowest BCUT2D eigenvalue weighted by Gasteiger charge is -2.38. The molecule has 0 spiro atoms. The van der Waals surface area contributed by atoms with Crippen molar-refractivity contribution in [3.05, 3.63) is 65.3 Å². The van der Waals surface area contributed by atoms with E-state index < -0.39 is 0 Å². The highest BCUT2D eigenvalue weighted by atomic mass is 19.1. The van der Waals surface area contributed by atoms with E-state index in [1.807, 2.05) is 6.07 Å². The largest absolute Gasteiger partial charge is 0.384 e. The molecule has 11 heteroatoms. The maximum Gasteiger partial charge on any atom is 0.254 e. The third-order valence-electron chi connectivity index (χ3n) is 6.68. The molecule has 2 fully saturated rings. The molecule has 35 heavy (non-hydrogen) atoms. The van der Waals surface area contributed by atoms with E-state index in [0.29, 0.717) is 66.0 Å². The van der Waals surface area contributed by atoms with Gasteiger partial charge in [0, 0.05) is 49.9 Å². The maximum atomic E-state index is 14.9. The van der Waals surface area contributed by atoms with Crippen LogP contribution in [0.1, 0.15) is 52.4 Å². The van der Waals surface area contributed by atoms with Crippen molar-refractivity contribution in [2.24, 2.45) is 0 Å². The second-order valence-electron chi connectivity index (χ2n) is 8.99. The minimum Gasteiger partial charge on any atom is -0.384 e. The summed E-state index contributed by atoms with van der Waals surface area (Å²) in [5.41, 5.74) is 7.47. The third-order valence-corrected chi connectivity index (χ3v) is 6.68. The van der Waals surface area contributed by atoms with Crippen molar-refractivity contribution in [1.29, 1.82) is 0 Å². The minimum atomic E-state index is -0.341. The number of rotatable bonds is 5. The zero-order valence-electron chi connectivity index (χ0n) is 18.9. The van der Waals surface area contributed by atoms with Gasteiger partial charge >= 0.3 is 0 Å². The molecule has 10 nitrogen and oxygen atoms in total. The summed E-state index contributed by atoms with van der Waals surface area (Å²) in [7, 11) is 0. The molecule has 0 atom stereocenters. The molecule has 5 heterocycles. The summed E-state index contributed by atoms with van der Waals surface area (Å²) in [6, 6.07) is 8.11. The van der Waals surface area contributed by atoms with E-state index in [1.54, 1.807) is 27.8 Å². The predicted octanol–water partition coefficient (Wildman–Crippen LogP) is 2.72. The number of carbonyl (C=O) groups is 1. The number of hydrogen-bond acceptors (Lipinski definition) is 8. The molecule has 2 aliphatic heterocycles. The van der Waals surface area contributed by atoms with Gasteiger partial charge in [-0.05, 0) is 37.1 Å².